The molecule has 0 saturated carbocycles. The molecule has 1 amide bonds. The molecule has 1 aliphatic rings. The molecule has 0 aromatic rings. The SMILES string of the molecule is CCOC(=O)CN(CC(C)C)C(=O)C(C)C1CNC1. The first kappa shape index (κ1) is 16.0. The molecule has 0 aromatic heterocycles. The van der Waals surface area contributed by atoms with Crippen molar-refractivity contribution in [2.45, 2.75) is 27.7 Å². The summed E-state index contributed by atoms with van der Waals surface area (Å²) in [6.07, 6.45) is 0. The van der Waals surface area contributed by atoms with Crippen molar-refractivity contribution in [3.63, 3.8) is 0 Å². The molecular weight excluding hydrogens is 244 g/mol. The smallest absolute Gasteiger partial charge is 0.325 e. The molecule has 1 saturated heterocycles. The summed E-state index contributed by atoms with van der Waals surface area (Å²) in [4.78, 5) is 25.7. The second-order valence-corrected chi connectivity index (χ2v) is 5.62. The summed E-state index contributed by atoms with van der Waals surface area (Å²) >= 11 is 0. The Kier molecular flexibility index (Phi) is 6.28. The van der Waals surface area contributed by atoms with E-state index in [1.54, 1.807) is 11.8 Å². The monoisotopic (exact) mass is 270 g/mol. The third kappa shape index (κ3) is 4.82. The fourth-order valence-electron chi connectivity index (χ4n) is 2.19. The van der Waals surface area contributed by atoms with Gasteiger partial charge in [-0.3, -0.25) is 9.59 Å². The predicted molar refractivity (Wildman–Crippen MR) is 73.6 cm³/mol. The zero-order valence-electron chi connectivity index (χ0n) is 12.4. The fraction of sp³-hybridized carbons (Fsp3) is 0.857. The van der Waals surface area contributed by atoms with Crippen LogP contribution in [-0.4, -0.2) is 49.6 Å². The maximum absolute atomic E-state index is 12.4. The van der Waals surface area contributed by atoms with E-state index in [9.17, 15) is 9.59 Å². The van der Waals surface area contributed by atoms with Gasteiger partial charge in [-0.25, -0.2) is 0 Å². The Bertz CT molecular complexity index is 314. The van der Waals surface area contributed by atoms with E-state index in [0.29, 0.717) is 25.0 Å². The van der Waals surface area contributed by atoms with Gasteiger partial charge in [0.15, 0.2) is 0 Å². The highest BCUT2D eigenvalue weighted by molar-refractivity contribution is 5.83. The number of amides is 1. The van der Waals surface area contributed by atoms with Crippen molar-refractivity contribution in [2.75, 3.05) is 32.8 Å². The summed E-state index contributed by atoms with van der Waals surface area (Å²) in [6, 6.07) is 0. The molecule has 1 rings (SSSR count). The first-order valence-corrected chi connectivity index (χ1v) is 7.10. The van der Waals surface area contributed by atoms with Crippen LogP contribution in [0.1, 0.15) is 27.7 Å². The maximum Gasteiger partial charge on any atom is 0.325 e. The van der Waals surface area contributed by atoms with Crippen LogP contribution in [0, 0.1) is 17.8 Å². The molecule has 1 aliphatic heterocycles. The third-order valence-corrected chi connectivity index (χ3v) is 3.43. The summed E-state index contributed by atoms with van der Waals surface area (Å²) in [5, 5.41) is 3.18. The second-order valence-electron chi connectivity index (χ2n) is 5.62. The molecule has 5 heteroatoms. The first-order valence-electron chi connectivity index (χ1n) is 7.10. The number of carbonyl (C=O) groups excluding carboxylic acids is 2. The minimum atomic E-state index is -0.324. The van der Waals surface area contributed by atoms with E-state index in [1.165, 1.54) is 0 Å². The van der Waals surface area contributed by atoms with Gasteiger partial charge in [0.1, 0.15) is 6.54 Å². The van der Waals surface area contributed by atoms with Crippen LogP contribution in [0.15, 0.2) is 0 Å². The van der Waals surface area contributed by atoms with E-state index in [-0.39, 0.29) is 24.3 Å². The third-order valence-electron chi connectivity index (χ3n) is 3.43. The number of hydrogen-bond acceptors (Lipinski definition) is 4. The van der Waals surface area contributed by atoms with Gasteiger partial charge in [-0.05, 0) is 31.8 Å². The molecular formula is C14H26N2O3. The molecule has 19 heavy (non-hydrogen) atoms. The minimum Gasteiger partial charge on any atom is -0.465 e. The quantitative estimate of drug-likeness (QED) is 0.698. The largest absolute Gasteiger partial charge is 0.465 e. The highest BCUT2D eigenvalue weighted by Crippen LogP contribution is 2.19. The lowest BCUT2D eigenvalue weighted by Crippen LogP contribution is -2.51. The Morgan fingerprint density at radius 2 is 1.95 bits per heavy atom. The van der Waals surface area contributed by atoms with Crippen LogP contribution in [0.4, 0.5) is 0 Å². The predicted octanol–water partition coefficient (Wildman–Crippen LogP) is 0.890. The molecule has 0 spiro atoms. The van der Waals surface area contributed by atoms with Gasteiger partial charge in [0.2, 0.25) is 5.91 Å². The minimum absolute atomic E-state index is 0.0329. The first-order chi connectivity index (χ1) is 8.95. The van der Waals surface area contributed by atoms with E-state index < -0.39 is 0 Å². The van der Waals surface area contributed by atoms with Crippen molar-refractivity contribution in [3.8, 4) is 0 Å². The Morgan fingerprint density at radius 1 is 1.32 bits per heavy atom. The lowest BCUT2D eigenvalue weighted by Gasteiger charge is -2.35. The summed E-state index contributed by atoms with van der Waals surface area (Å²) in [5.41, 5.74) is 0. The van der Waals surface area contributed by atoms with Crippen LogP contribution in [0.3, 0.4) is 0 Å². The number of nitrogens with zero attached hydrogens (tertiary/aromatic N) is 1. The summed E-state index contributed by atoms with van der Waals surface area (Å²) in [5.74, 6) is 0.438. The molecule has 0 aliphatic carbocycles. The lowest BCUT2D eigenvalue weighted by atomic mass is 9.87. The number of esters is 1. The van der Waals surface area contributed by atoms with E-state index in [0.717, 1.165) is 13.1 Å². The Balaban J connectivity index is 2.60. The van der Waals surface area contributed by atoms with E-state index in [1.807, 2.05) is 20.8 Å². The van der Waals surface area contributed by atoms with Gasteiger partial charge < -0.3 is 15.0 Å². The number of rotatable bonds is 7. The molecule has 1 atom stereocenters. The van der Waals surface area contributed by atoms with Gasteiger partial charge in [0.25, 0.3) is 0 Å². The van der Waals surface area contributed by atoms with Gasteiger partial charge in [-0.2, -0.15) is 0 Å². The standard InChI is InChI=1S/C14H26N2O3/c1-5-19-13(17)9-16(8-10(2)3)14(18)11(4)12-6-15-7-12/h10-12,15H,5-9H2,1-4H3. The summed E-state index contributed by atoms with van der Waals surface area (Å²) in [6.45, 7) is 10.6. The van der Waals surface area contributed by atoms with Crippen LogP contribution in [0.5, 0.6) is 0 Å². The summed E-state index contributed by atoms with van der Waals surface area (Å²) < 4.78 is 4.94. The highest BCUT2D eigenvalue weighted by Gasteiger charge is 2.32. The Hall–Kier alpha value is -1.10. The van der Waals surface area contributed by atoms with Crippen LogP contribution >= 0.6 is 0 Å². The van der Waals surface area contributed by atoms with Gasteiger partial charge >= 0.3 is 5.97 Å². The van der Waals surface area contributed by atoms with Crippen molar-refractivity contribution in [1.82, 2.24) is 10.2 Å². The Morgan fingerprint density at radius 3 is 2.37 bits per heavy atom. The molecule has 1 fully saturated rings. The number of nitrogens with one attached hydrogen (secondary N) is 1. The van der Waals surface area contributed by atoms with Crippen molar-refractivity contribution >= 4 is 11.9 Å². The van der Waals surface area contributed by atoms with Crippen LogP contribution in [-0.2, 0) is 14.3 Å². The normalized spacial score (nSPS) is 16.9. The average molecular weight is 270 g/mol. The fourth-order valence-corrected chi connectivity index (χ4v) is 2.19. The topological polar surface area (TPSA) is 58.6 Å². The zero-order valence-corrected chi connectivity index (χ0v) is 12.4. The number of carbonyl (C=O) groups is 2. The second kappa shape index (κ2) is 7.48. The molecule has 0 aromatic carbocycles. The van der Waals surface area contributed by atoms with Crippen LogP contribution < -0.4 is 5.32 Å². The number of ether oxygens (including phenoxy) is 1. The van der Waals surface area contributed by atoms with E-state index >= 15 is 0 Å². The maximum atomic E-state index is 12.4. The van der Waals surface area contributed by atoms with Gasteiger partial charge in [-0.15, -0.1) is 0 Å². The van der Waals surface area contributed by atoms with Crippen molar-refractivity contribution in [1.29, 1.82) is 0 Å². The molecule has 0 bridgehead atoms. The van der Waals surface area contributed by atoms with Crippen molar-refractivity contribution < 1.29 is 14.3 Å². The lowest BCUT2D eigenvalue weighted by molar-refractivity contribution is -0.151. The highest BCUT2D eigenvalue weighted by atomic mass is 16.5. The van der Waals surface area contributed by atoms with Crippen LogP contribution in [0.2, 0.25) is 0 Å². The van der Waals surface area contributed by atoms with Crippen molar-refractivity contribution in [2.24, 2.45) is 17.8 Å². The Labute approximate surface area is 115 Å². The van der Waals surface area contributed by atoms with E-state index in [2.05, 4.69) is 5.32 Å². The van der Waals surface area contributed by atoms with Gasteiger partial charge in [0, 0.05) is 12.5 Å². The average Bonchev–Trinajstić information content (AvgIpc) is 2.24. The molecule has 110 valence electrons. The molecule has 1 N–H and O–H groups in total. The van der Waals surface area contributed by atoms with Gasteiger partial charge in [0.05, 0.1) is 6.61 Å². The summed E-state index contributed by atoms with van der Waals surface area (Å²) in [7, 11) is 0. The van der Waals surface area contributed by atoms with Crippen molar-refractivity contribution in [3.05, 3.63) is 0 Å². The molecule has 1 heterocycles. The molecule has 0 radical (unpaired) electrons. The number of hydrogen-bond donors (Lipinski definition) is 1. The van der Waals surface area contributed by atoms with Crippen LogP contribution in [0.25, 0.3) is 0 Å². The zero-order chi connectivity index (χ0) is 14.4. The molecule has 5 nitrogen and oxygen atoms in total. The molecule has 1 unspecified atom stereocenters. The van der Waals surface area contributed by atoms with E-state index in [4.69, 9.17) is 4.74 Å². The van der Waals surface area contributed by atoms with Gasteiger partial charge in [-0.1, -0.05) is 20.8 Å².